The number of rotatable bonds is 8. The molecule has 1 saturated heterocycles. The number of nitro groups is 1. The van der Waals surface area contributed by atoms with Crippen molar-refractivity contribution < 1.29 is 28.8 Å². The molecule has 0 radical (unpaired) electrons. The van der Waals surface area contributed by atoms with Crippen LogP contribution in [-0.2, 0) is 16.1 Å². The van der Waals surface area contributed by atoms with Gasteiger partial charge in [0.1, 0.15) is 17.3 Å². The van der Waals surface area contributed by atoms with E-state index in [0.717, 1.165) is 6.42 Å². The van der Waals surface area contributed by atoms with Gasteiger partial charge in [0.05, 0.1) is 36.0 Å². The van der Waals surface area contributed by atoms with E-state index in [4.69, 9.17) is 9.15 Å². The Morgan fingerprint density at radius 3 is 2.56 bits per heavy atom. The molecule has 2 aromatic carbocycles. The van der Waals surface area contributed by atoms with Crippen LogP contribution in [0.15, 0.2) is 76.9 Å². The normalized spacial score (nSPS) is 17.2. The number of nitro benzene ring substituents is 1. The van der Waals surface area contributed by atoms with Gasteiger partial charge in [0.15, 0.2) is 0 Å². The first kappa shape index (κ1) is 22.8. The van der Waals surface area contributed by atoms with Crippen molar-refractivity contribution in [1.82, 2.24) is 4.90 Å². The van der Waals surface area contributed by atoms with E-state index in [1.54, 1.807) is 36.4 Å². The van der Waals surface area contributed by atoms with Crippen LogP contribution < -0.4 is 4.74 Å². The highest BCUT2D eigenvalue weighted by atomic mass is 16.6. The van der Waals surface area contributed by atoms with E-state index in [2.05, 4.69) is 0 Å². The summed E-state index contributed by atoms with van der Waals surface area (Å²) in [5.74, 6) is -1.05. The molecule has 1 aliphatic rings. The lowest BCUT2D eigenvalue weighted by atomic mass is 9.95. The molecule has 174 valence electrons. The van der Waals surface area contributed by atoms with Crippen LogP contribution in [0.2, 0.25) is 0 Å². The molecule has 9 heteroatoms. The van der Waals surface area contributed by atoms with E-state index >= 15 is 0 Å². The van der Waals surface area contributed by atoms with Crippen molar-refractivity contribution in [3.05, 3.63) is 99.5 Å². The molecule has 1 amide bonds. The SMILES string of the molecule is CCCOc1cccc(C(O)=C2C(=O)C(=O)N(Cc3ccco3)C2c2ccc([N+](=O)[O-])cc2)c1. The summed E-state index contributed by atoms with van der Waals surface area (Å²) < 4.78 is 11.0. The summed E-state index contributed by atoms with van der Waals surface area (Å²) in [6.07, 6.45) is 2.25. The van der Waals surface area contributed by atoms with E-state index in [0.29, 0.717) is 29.2 Å². The fourth-order valence-corrected chi connectivity index (χ4v) is 3.85. The predicted octanol–water partition coefficient (Wildman–Crippen LogP) is 4.60. The second-order valence-electron chi connectivity index (χ2n) is 7.73. The molecule has 1 aromatic heterocycles. The van der Waals surface area contributed by atoms with Gasteiger partial charge in [-0.25, -0.2) is 0 Å². The van der Waals surface area contributed by atoms with E-state index in [9.17, 15) is 24.8 Å². The monoisotopic (exact) mass is 462 g/mol. The van der Waals surface area contributed by atoms with Gasteiger partial charge in [-0.1, -0.05) is 19.1 Å². The number of nitrogens with zero attached hydrogens (tertiary/aromatic N) is 2. The Hall–Kier alpha value is -4.40. The Bertz CT molecular complexity index is 1250. The topological polar surface area (TPSA) is 123 Å². The zero-order chi connectivity index (χ0) is 24.2. The van der Waals surface area contributed by atoms with E-state index in [-0.39, 0.29) is 23.6 Å². The molecule has 0 aliphatic carbocycles. The first-order valence-electron chi connectivity index (χ1n) is 10.7. The first-order valence-corrected chi connectivity index (χ1v) is 10.7. The van der Waals surface area contributed by atoms with Crippen molar-refractivity contribution in [2.24, 2.45) is 0 Å². The fraction of sp³-hybridized carbons (Fsp3) is 0.200. The molecule has 2 heterocycles. The lowest BCUT2D eigenvalue weighted by molar-refractivity contribution is -0.384. The molecule has 3 aromatic rings. The minimum Gasteiger partial charge on any atom is -0.507 e. The fourth-order valence-electron chi connectivity index (χ4n) is 3.85. The Balaban J connectivity index is 1.82. The van der Waals surface area contributed by atoms with Crippen molar-refractivity contribution in [3.8, 4) is 5.75 Å². The average molecular weight is 462 g/mol. The number of carbonyl (C=O) groups is 2. The number of aliphatic hydroxyl groups is 1. The van der Waals surface area contributed by atoms with E-state index < -0.39 is 22.7 Å². The number of hydrogen-bond acceptors (Lipinski definition) is 7. The maximum atomic E-state index is 13.1. The van der Waals surface area contributed by atoms with Crippen LogP contribution in [0.1, 0.15) is 36.3 Å². The summed E-state index contributed by atoms with van der Waals surface area (Å²) in [7, 11) is 0. The van der Waals surface area contributed by atoms with E-state index in [1.807, 2.05) is 6.92 Å². The smallest absolute Gasteiger partial charge is 0.296 e. The van der Waals surface area contributed by atoms with Gasteiger partial charge < -0.3 is 19.2 Å². The van der Waals surface area contributed by atoms with Gasteiger partial charge in [-0.2, -0.15) is 0 Å². The highest BCUT2D eigenvalue weighted by Gasteiger charge is 2.46. The minimum atomic E-state index is -0.967. The molecule has 4 rings (SSSR count). The summed E-state index contributed by atoms with van der Waals surface area (Å²) in [5, 5.41) is 22.3. The Morgan fingerprint density at radius 1 is 1.15 bits per heavy atom. The number of furan rings is 1. The number of Topliss-reactive ketones (excluding diaryl/α,β-unsaturated/α-hetero) is 1. The standard InChI is InChI=1S/C25H22N2O7/c1-2-12-33-19-6-3-5-17(14-19)23(28)21-22(16-8-10-18(11-9-16)27(31)32)26(25(30)24(21)29)15-20-7-4-13-34-20/h3-11,13-14,22,28H,2,12,15H2,1H3. The number of likely N-dealkylation sites (tertiary alicyclic amines) is 1. The van der Waals surface area contributed by atoms with Gasteiger partial charge >= 0.3 is 0 Å². The maximum Gasteiger partial charge on any atom is 0.296 e. The average Bonchev–Trinajstić information content (AvgIpc) is 3.45. The summed E-state index contributed by atoms with van der Waals surface area (Å²) >= 11 is 0. The molecule has 1 aliphatic heterocycles. The quantitative estimate of drug-likeness (QED) is 0.171. The number of amides is 1. The highest BCUT2D eigenvalue weighted by Crippen LogP contribution is 2.41. The van der Waals surface area contributed by atoms with Crippen LogP contribution in [0.5, 0.6) is 5.75 Å². The van der Waals surface area contributed by atoms with Crippen LogP contribution in [0.25, 0.3) is 5.76 Å². The minimum absolute atomic E-state index is 0.0182. The van der Waals surface area contributed by atoms with Crippen LogP contribution in [-0.4, -0.2) is 33.2 Å². The second-order valence-corrected chi connectivity index (χ2v) is 7.73. The molecule has 34 heavy (non-hydrogen) atoms. The third-order valence-corrected chi connectivity index (χ3v) is 5.45. The number of ether oxygens (including phenoxy) is 1. The van der Waals surface area contributed by atoms with Crippen LogP contribution >= 0.6 is 0 Å². The second kappa shape index (κ2) is 9.62. The van der Waals surface area contributed by atoms with Gasteiger partial charge in [0.25, 0.3) is 17.4 Å². The number of carbonyl (C=O) groups excluding carboxylic acids is 2. The molecule has 1 atom stereocenters. The molecule has 0 spiro atoms. The highest BCUT2D eigenvalue weighted by molar-refractivity contribution is 6.46. The van der Waals surface area contributed by atoms with Gasteiger partial charge in [-0.15, -0.1) is 0 Å². The Kier molecular flexibility index (Phi) is 6.44. The van der Waals surface area contributed by atoms with Crippen molar-refractivity contribution in [3.63, 3.8) is 0 Å². The summed E-state index contributed by atoms with van der Waals surface area (Å²) in [4.78, 5) is 37.9. The largest absolute Gasteiger partial charge is 0.507 e. The Morgan fingerprint density at radius 2 is 1.91 bits per heavy atom. The first-order chi connectivity index (χ1) is 16.4. The molecule has 0 bridgehead atoms. The van der Waals surface area contributed by atoms with Crippen molar-refractivity contribution in [2.75, 3.05) is 6.61 Å². The number of aliphatic hydroxyl groups excluding tert-OH is 1. The van der Waals surface area contributed by atoms with Crippen molar-refractivity contribution >= 4 is 23.1 Å². The summed E-state index contributed by atoms with van der Waals surface area (Å²) in [6.45, 7) is 2.44. The van der Waals surface area contributed by atoms with Gasteiger partial charge in [0.2, 0.25) is 0 Å². The molecular weight excluding hydrogens is 440 g/mol. The maximum absolute atomic E-state index is 13.1. The van der Waals surface area contributed by atoms with Crippen molar-refractivity contribution in [1.29, 1.82) is 0 Å². The predicted molar refractivity (Wildman–Crippen MR) is 122 cm³/mol. The molecule has 1 N–H and O–H groups in total. The van der Waals surface area contributed by atoms with Crippen LogP contribution in [0.4, 0.5) is 5.69 Å². The molecular formula is C25H22N2O7. The van der Waals surface area contributed by atoms with Crippen LogP contribution in [0, 0.1) is 10.1 Å². The third kappa shape index (κ3) is 4.40. The number of ketones is 1. The van der Waals surface area contributed by atoms with Crippen molar-refractivity contribution in [2.45, 2.75) is 25.9 Å². The summed E-state index contributed by atoms with van der Waals surface area (Å²) in [5.41, 5.74) is 0.512. The zero-order valence-corrected chi connectivity index (χ0v) is 18.3. The van der Waals surface area contributed by atoms with Gasteiger partial charge in [-0.05, 0) is 48.4 Å². The van der Waals surface area contributed by atoms with Gasteiger partial charge in [-0.3, -0.25) is 19.7 Å². The van der Waals surface area contributed by atoms with Gasteiger partial charge in [0, 0.05) is 17.7 Å². The number of hydrogen-bond donors (Lipinski definition) is 1. The Labute approximate surface area is 195 Å². The number of benzene rings is 2. The zero-order valence-electron chi connectivity index (χ0n) is 18.3. The molecule has 9 nitrogen and oxygen atoms in total. The molecule has 1 unspecified atom stereocenters. The lowest BCUT2D eigenvalue weighted by Crippen LogP contribution is -2.29. The van der Waals surface area contributed by atoms with Crippen LogP contribution in [0.3, 0.4) is 0 Å². The molecule has 1 fully saturated rings. The summed E-state index contributed by atoms with van der Waals surface area (Å²) in [6, 6.07) is 14.5. The molecule has 0 saturated carbocycles. The lowest BCUT2D eigenvalue weighted by Gasteiger charge is -2.24. The van der Waals surface area contributed by atoms with E-state index in [1.165, 1.54) is 35.4 Å². The third-order valence-electron chi connectivity index (χ3n) is 5.45. The number of non-ortho nitro benzene ring substituents is 1.